The molecule has 142 valence electrons. The van der Waals surface area contributed by atoms with Crippen LogP contribution >= 0.6 is 23.4 Å². The third-order valence-corrected chi connectivity index (χ3v) is 4.64. The maximum absolute atomic E-state index is 13.2. The lowest BCUT2D eigenvalue weighted by Gasteiger charge is -2.20. The number of benzene rings is 2. The summed E-state index contributed by atoms with van der Waals surface area (Å²) < 4.78 is 69.2. The number of ether oxygens (including phenoxy) is 1. The van der Waals surface area contributed by atoms with E-state index in [1.54, 1.807) is 6.07 Å². The van der Waals surface area contributed by atoms with E-state index in [0.29, 0.717) is 5.69 Å². The highest BCUT2D eigenvalue weighted by atomic mass is 35.5. The number of hydrazine groups is 1. The molecule has 0 spiro atoms. The zero-order chi connectivity index (χ0) is 19.5. The average molecular weight is 413 g/mol. The maximum Gasteiger partial charge on any atom is 0.417 e. The maximum atomic E-state index is 13.2. The van der Waals surface area contributed by atoms with E-state index < -0.39 is 18.4 Å². The van der Waals surface area contributed by atoms with Crippen LogP contribution in [0, 0.1) is 0 Å². The van der Waals surface area contributed by atoms with Crippen LogP contribution in [0.1, 0.15) is 11.1 Å². The van der Waals surface area contributed by atoms with Crippen molar-refractivity contribution in [2.24, 2.45) is 5.84 Å². The highest BCUT2D eigenvalue weighted by Crippen LogP contribution is 2.41. The minimum atomic E-state index is -4.57. The first-order valence-corrected chi connectivity index (χ1v) is 8.50. The van der Waals surface area contributed by atoms with Gasteiger partial charge in [0, 0.05) is 28.3 Å². The summed E-state index contributed by atoms with van der Waals surface area (Å²) in [5, 5.41) is 1.31. The quantitative estimate of drug-likeness (QED) is 0.292. The standard InChI is InChI=1S/C16H14ClF5N2OS/c1-24(23)12-3-2-4-13(25-15(18)19)10(12)8-26-14-7-9(17)5-6-11(14)16(20,21)22/h2-7,15H,8,23H2,1H3. The Bertz CT molecular complexity index is 771. The van der Waals surface area contributed by atoms with Crippen LogP contribution in [0.5, 0.6) is 5.75 Å². The molecule has 0 bridgehead atoms. The van der Waals surface area contributed by atoms with Gasteiger partial charge in [0.25, 0.3) is 0 Å². The summed E-state index contributed by atoms with van der Waals surface area (Å²) in [6.45, 7) is -3.08. The number of nitrogens with two attached hydrogens (primary N) is 1. The van der Waals surface area contributed by atoms with E-state index in [2.05, 4.69) is 4.74 Å². The van der Waals surface area contributed by atoms with Gasteiger partial charge in [0.15, 0.2) is 0 Å². The zero-order valence-corrected chi connectivity index (χ0v) is 14.9. The summed E-state index contributed by atoms with van der Waals surface area (Å²) >= 11 is 6.60. The van der Waals surface area contributed by atoms with Gasteiger partial charge in [-0.3, -0.25) is 0 Å². The Kier molecular flexibility index (Phi) is 6.59. The first kappa shape index (κ1) is 20.6. The Balaban J connectivity index is 2.39. The van der Waals surface area contributed by atoms with Gasteiger partial charge in [-0.2, -0.15) is 22.0 Å². The van der Waals surface area contributed by atoms with Crippen LogP contribution in [0.15, 0.2) is 41.3 Å². The zero-order valence-electron chi connectivity index (χ0n) is 13.4. The fraction of sp³-hybridized carbons (Fsp3) is 0.250. The van der Waals surface area contributed by atoms with E-state index in [9.17, 15) is 22.0 Å². The normalized spacial score (nSPS) is 11.7. The summed E-state index contributed by atoms with van der Waals surface area (Å²) in [6, 6.07) is 7.51. The van der Waals surface area contributed by atoms with Gasteiger partial charge in [0.1, 0.15) is 5.75 Å². The Morgan fingerprint density at radius 3 is 2.50 bits per heavy atom. The summed E-state index contributed by atoms with van der Waals surface area (Å²) in [7, 11) is 1.48. The molecule has 0 saturated carbocycles. The molecule has 0 aliphatic heterocycles. The molecule has 0 amide bonds. The Morgan fingerprint density at radius 1 is 1.23 bits per heavy atom. The number of anilines is 1. The average Bonchev–Trinajstić information content (AvgIpc) is 2.51. The van der Waals surface area contributed by atoms with Crippen molar-refractivity contribution in [3.8, 4) is 5.75 Å². The van der Waals surface area contributed by atoms with Gasteiger partial charge in [0.2, 0.25) is 0 Å². The van der Waals surface area contributed by atoms with Crippen molar-refractivity contribution in [1.29, 1.82) is 0 Å². The van der Waals surface area contributed by atoms with Crippen LogP contribution in [-0.4, -0.2) is 13.7 Å². The second-order valence-electron chi connectivity index (χ2n) is 5.17. The second-order valence-corrected chi connectivity index (χ2v) is 6.62. The van der Waals surface area contributed by atoms with Crippen LogP contribution in [0.2, 0.25) is 5.02 Å². The summed E-state index contributed by atoms with van der Waals surface area (Å²) in [4.78, 5) is -0.123. The lowest BCUT2D eigenvalue weighted by molar-refractivity contribution is -0.139. The molecular formula is C16H14ClF5N2OS. The van der Waals surface area contributed by atoms with E-state index in [-0.39, 0.29) is 27.0 Å². The second kappa shape index (κ2) is 8.32. The van der Waals surface area contributed by atoms with Crippen molar-refractivity contribution in [2.45, 2.75) is 23.4 Å². The number of hydrogen-bond donors (Lipinski definition) is 1. The largest absolute Gasteiger partial charge is 0.434 e. The van der Waals surface area contributed by atoms with Crippen molar-refractivity contribution < 1.29 is 26.7 Å². The number of rotatable bonds is 6. The molecule has 10 heteroatoms. The molecule has 2 aromatic rings. The van der Waals surface area contributed by atoms with E-state index in [0.717, 1.165) is 23.9 Å². The van der Waals surface area contributed by atoms with Gasteiger partial charge in [-0.15, -0.1) is 11.8 Å². The fourth-order valence-electron chi connectivity index (χ4n) is 2.24. The SMILES string of the molecule is CN(N)c1cccc(OC(F)F)c1CSc1cc(Cl)ccc1C(F)(F)F. The summed E-state index contributed by atoms with van der Waals surface area (Å²) in [6.07, 6.45) is -4.57. The Morgan fingerprint density at radius 2 is 1.92 bits per heavy atom. The third kappa shape index (κ3) is 5.15. The van der Waals surface area contributed by atoms with Crippen molar-refractivity contribution in [1.82, 2.24) is 0 Å². The van der Waals surface area contributed by atoms with Gasteiger partial charge < -0.3 is 9.75 Å². The molecule has 2 N–H and O–H groups in total. The molecule has 0 aromatic heterocycles. The number of halogens is 6. The van der Waals surface area contributed by atoms with Gasteiger partial charge >= 0.3 is 12.8 Å². The smallest absolute Gasteiger partial charge is 0.417 e. The molecule has 26 heavy (non-hydrogen) atoms. The van der Waals surface area contributed by atoms with Gasteiger partial charge in [-0.1, -0.05) is 17.7 Å². The van der Waals surface area contributed by atoms with Crippen molar-refractivity contribution in [3.05, 3.63) is 52.5 Å². The van der Waals surface area contributed by atoms with Gasteiger partial charge in [-0.25, -0.2) is 5.84 Å². The molecule has 0 heterocycles. The Hall–Kier alpha value is -1.71. The van der Waals surface area contributed by atoms with Crippen LogP contribution in [0.25, 0.3) is 0 Å². The van der Waals surface area contributed by atoms with Gasteiger partial charge in [0.05, 0.1) is 11.3 Å². The molecule has 0 atom stereocenters. The van der Waals surface area contributed by atoms with E-state index in [4.69, 9.17) is 17.4 Å². The van der Waals surface area contributed by atoms with E-state index in [1.807, 2.05) is 0 Å². The predicted molar refractivity (Wildman–Crippen MR) is 91.7 cm³/mol. The minimum Gasteiger partial charge on any atom is -0.434 e. The van der Waals surface area contributed by atoms with Crippen molar-refractivity contribution >= 4 is 29.1 Å². The predicted octanol–water partition coefficient (Wildman–Crippen LogP) is 5.56. The van der Waals surface area contributed by atoms with Crippen molar-refractivity contribution in [3.63, 3.8) is 0 Å². The summed E-state index contributed by atoms with van der Waals surface area (Å²) in [5.74, 6) is 5.45. The highest BCUT2D eigenvalue weighted by molar-refractivity contribution is 7.98. The van der Waals surface area contributed by atoms with Crippen LogP contribution in [0.3, 0.4) is 0 Å². The summed E-state index contributed by atoms with van der Waals surface area (Å²) in [5.41, 5.74) is -0.260. The topological polar surface area (TPSA) is 38.5 Å². The molecule has 0 fully saturated rings. The minimum absolute atomic E-state index is 0.0802. The first-order chi connectivity index (χ1) is 12.1. The van der Waals surface area contributed by atoms with Crippen LogP contribution in [-0.2, 0) is 11.9 Å². The molecule has 0 radical (unpaired) electrons. The molecular weight excluding hydrogens is 399 g/mol. The molecule has 0 unspecified atom stereocenters. The van der Waals surface area contributed by atoms with Gasteiger partial charge in [-0.05, 0) is 30.3 Å². The molecule has 0 saturated heterocycles. The Labute approximate surface area is 155 Å². The van der Waals surface area contributed by atoms with E-state index >= 15 is 0 Å². The third-order valence-electron chi connectivity index (χ3n) is 3.33. The molecule has 0 aliphatic rings. The fourth-order valence-corrected chi connectivity index (χ4v) is 3.61. The monoisotopic (exact) mass is 412 g/mol. The number of hydrogen-bond acceptors (Lipinski definition) is 4. The van der Waals surface area contributed by atoms with Crippen LogP contribution in [0.4, 0.5) is 27.6 Å². The number of nitrogens with zero attached hydrogens (tertiary/aromatic N) is 1. The van der Waals surface area contributed by atoms with E-state index in [1.165, 1.54) is 30.3 Å². The number of alkyl halides is 5. The van der Waals surface area contributed by atoms with Crippen LogP contribution < -0.4 is 15.6 Å². The highest BCUT2D eigenvalue weighted by Gasteiger charge is 2.33. The molecule has 2 aromatic carbocycles. The first-order valence-electron chi connectivity index (χ1n) is 7.14. The lowest BCUT2D eigenvalue weighted by Crippen LogP contribution is -2.26. The molecule has 2 rings (SSSR count). The number of thioether (sulfide) groups is 1. The molecule has 0 aliphatic carbocycles. The molecule has 3 nitrogen and oxygen atoms in total. The lowest BCUT2D eigenvalue weighted by atomic mass is 10.1. The van der Waals surface area contributed by atoms with Crippen molar-refractivity contribution in [2.75, 3.05) is 12.1 Å².